The minimum absolute atomic E-state index is 0.0336. The maximum Gasteiger partial charge on any atom is 0.247 e. The van der Waals surface area contributed by atoms with E-state index in [1.807, 2.05) is 30.3 Å². The molecule has 1 aromatic carbocycles. The Hall–Kier alpha value is -1.81. The molecule has 1 amide bonds. The summed E-state index contributed by atoms with van der Waals surface area (Å²) in [6.07, 6.45) is 7.63. The first-order chi connectivity index (χ1) is 11.2. The van der Waals surface area contributed by atoms with Crippen LogP contribution < -0.4 is 4.74 Å². The van der Waals surface area contributed by atoms with Gasteiger partial charge >= 0.3 is 0 Å². The van der Waals surface area contributed by atoms with Crippen molar-refractivity contribution in [2.24, 2.45) is 0 Å². The molecule has 1 N–H and O–H groups in total. The monoisotopic (exact) mass is 315 g/mol. The normalized spacial score (nSPS) is 24.6. The lowest BCUT2D eigenvalue weighted by Crippen LogP contribution is -2.30. The average molecular weight is 315 g/mol. The van der Waals surface area contributed by atoms with Gasteiger partial charge in [-0.05, 0) is 49.8 Å². The molecular formula is C19H25NO3. The van der Waals surface area contributed by atoms with Gasteiger partial charge in [-0.3, -0.25) is 4.79 Å². The van der Waals surface area contributed by atoms with Gasteiger partial charge in [-0.1, -0.05) is 24.1 Å². The number of nitrogens with zero attached hydrogens (tertiary/aromatic N) is 1. The van der Waals surface area contributed by atoms with Crippen LogP contribution in [0.25, 0.3) is 0 Å². The topological polar surface area (TPSA) is 49.8 Å². The molecule has 0 aromatic heterocycles. The minimum Gasteiger partial charge on any atom is -0.497 e. The largest absolute Gasteiger partial charge is 0.497 e. The average Bonchev–Trinajstić information content (AvgIpc) is 2.98. The molecule has 1 saturated carbocycles. The first-order valence-electron chi connectivity index (χ1n) is 8.49. The number of carbonyl (C=O) groups excluding carboxylic acids is 1. The lowest BCUT2D eigenvalue weighted by atomic mass is 9.94. The Labute approximate surface area is 137 Å². The van der Waals surface area contributed by atoms with E-state index in [4.69, 9.17) is 4.74 Å². The summed E-state index contributed by atoms with van der Waals surface area (Å²) >= 11 is 0. The summed E-state index contributed by atoms with van der Waals surface area (Å²) in [5, 5.41) is 10.1. The summed E-state index contributed by atoms with van der Waals surface area (Å²) in [5.74, 6) is 0.813. The second-order valence-corrected chi connectivity index (χ2v) is 6.54. The molecule has 0 spiro atoms. The lowest BCUT2D eigenvalue weighted by Gasteiger charge is -2.25. The Morgan fingerprint density at radius 1 is 1.30 bits per heavy atom. The molecule has 124 valence electrons. The number of aliphatic hydroxyl groups is 1. The molecule has 1 aromatic rings. The third-order valence-electron chi connectivity index (χ3n) is 4.86. The molecular weight excluding hydrogens is 290 g/mol. The number of hydrogen-bond donors (Lipinski definition) is 1. The molecule has 2 aliphatic rings. The SMILES string of the molecule is COc1cccc([C@@H]2C[C@H](O)CN2C(=O)C=C2CCCCC2)c1. The summed E-state index contributed by atoms with van der Waals surface area (Å²) in [7, 11) is 1.64. The van der Waals surface area contributed by atoms with Gasteiger partial charge in [0, 0.05) is 12.6 Å². The standard InChI is InChI=1S/C19H25NO3/c1-23-17-9-5-8-15(11-17)18-12-16(21)13-20(18)19(22)10-14-6-3-2-4-7-14/h5,8-11,16,18,21H,2-4,6-7,12-13H2,1H3/t16-,18-/m0/s1. The van der Waals surface area contributed by atoms with Crippen molar-refractivity contribution in [3.05, 3.63) is 41.5 Å². The third-order valence-corrected chi connectivity index (χ3v) is 4.86. The molecule has 0 unspecified atom stereocenters. The molecule has 1 aliphatic heterocycles. The number of β-amino-alcohol motifs (C(OH)–C–C–N with tert-alkyl or cyclic N) is 1. The van der Waals surface area contributed by atoms with Gasteiger partial charge in [0.2, 0.25) is 5.91 Å². The van der Waals surface area contributed by atoms with Crippen molar-refractivity contribution in [3.8, 4) is 5.75 Å². The van der Waals surface area contributed by atoms with Gasteiger partial charge < -0.3 is 14.7 Å². The molecule has 3 rings (SSSR count). The molecule has 1 aliphatic carbocycles. The molecule has 0 bridgehead atoms. The summed E-state index contributed by atoms with van der Waals surface area (Å²) in [5.41, 5.74) is 2.28. The molecule has 1 heterocycles. The van der Waals surface area contributed by atoms with E-state index >= 15 is 0 Å². The Morgan fingerprint density at radius 2 is 2.09 bits per heavy atom. The smallest absolute Gasteiger partial charge is 0.247 e. The highest BCUT2D eigenvalue weighted by molar-refractivity contribution is 5.89. The van der Waals surface area contributed by atoms with E-state index in [9.17, 15) is 9.90 Å². The number of carbonyl (C=O) groups is 1. The van der Waals surface area contributed by atoms with Gasteiger partial charge in [0.1, 0.15) is 5.75 Å². The van der Waals surface area contributed by atoms with Crippen LogP contribution >= 0.6 is 0 Å². The Morgan fingerprint density at radius 3 is 2.83 bits per heavy atom. The van der Waals surface area contributed by atoms with Crippen molar-refractivity contribution < 1.29 is 14.6 Å². The van der Waals surface area contributed by atoms with Crippen molar-refractivity contribution in [2.75, 3.05) is 13.7 Å². The van der Waals surface area contributed by atoms with Crippen molar-refractivity contribution in [2.45, 2.75) is 50.7 Å². The summed E-state index contributed by atoms with van der Waals surface area (Å²) < 4.78 is 5.28. The van der Waals surface area contributed by atoms with E-state index in [-0.39, 0.29) is 11.9 Å². The van der Waals surface area contributed by atoms with E-state index in [2.05, 4.69) is 0 Å². The highest BCUT2D eigenvalue weighted by Crippen LogP contribution is 2.34. The Bertz CT molecular complexity index is 588. The summed E-state index contributed by atoms with van der Waals surface area (Å²) in [6.45, 7) is 0.407. The molecule has 23 heavy (non-hydrogen) atoms. The zero-order chi connectivity index (χ0) is 16.2. The molecule has 2 atom stereocenters. The van der Waals surface area contributed by atoms with Crippen LogP contribution in [0.2, 0.25) is 0 Å². The number of hydrogen-bond acceptors (Lipinski definition) is 3. The van der Waals surface area contributed by atoms with Gasteiger partial charge in [-0.25, -0.2) is 0 Å². The number of amides is 1. The predicted octanol–water partition coefficient (Wildman–Crippen LogP) is 3.22. The second kappa shape index (κ2) is 7.18. The van der Waals surface area contributed by atoms with Crippen LogP contribution in [0.5, 0.6) is 5.75 Å². The van der Waals surface area contributed by atoms with E-state index in [0.717, 1.165) is 24.2 Å². The highest BCUT2D eigenvalue weighted by Gasteiger charge is 2.34. The fraction of sp³-hybridized carbons (Fsp3) is 0.526. The van der Waals surface area contributed by atoms with Gasteiger partial charge in [0.05, 0.1) is 19.3 Å². The number of likely N-dealkylation sites (tertiary alicyclic amines) is 1. The Kier molecular flexibility index (Phi) is 5.01. The van der Waals surface area contributed by atoms with Gasteiger partial charge in [-0.15, -0.1) is 0 Å². The van der Waals surface area contributed by atoms with Crippen LogP contribution in [0, 0.1) is 0 Å². The molecule has 0 radical (unpaired) electrons. The van der Waals surface area contributed by atoms with Crippen LogP contribution in [-0.2, 0) is 4.79 Å². The van der Waals surface area contributed by atoms with Crippen LogP contribution in [0.15, 0.2) is 35.9 Å². The van der Waals surface area contributed by atoms with Gasteiger partial charge in [-0.2, -0.15) is 0 Å². The van der Waals surface area contributed by atoms with Crippen LogP contribution in [-0.4, -0.2) is 35.7 Å². The van der Waals surface area contributed by atoms with Crippen molar-refractivity contribution in [1.82, 2.24) is 4.90 Å². The first kappa shape index (κ1) is 16.1. The fourth-order valence-corrected chi connectivity index (χ4v) is 3.63. The summed E-state index contributed by atoms with van der Waals surface area (Å²) in [6, 6.07) is 7.70. The third kappa shape index (κ3) is 3.75. The second-order valence-electron chi connectivity index (χ2n) is 6.54. The van der Waals surface area contributed by atoms with Crippen LogP contribution in [0.1, 0.15) is 50.1 Å². The minimum atomic E-state index is -0.458. The van der Waals surface area contributed by atoms with E-state index in [1.54, 1.807) is 12.0 Å². The van der Waals surface area contributed by atoms with Gasteiger partial charge in [0.25, 0.3) is 0 Å². The van der Waals surface area contributed by atoms with Crippen LogP contribution in [0.4, 0.5) is 0 Å². The van der Waals surface area contributed by atoms with E-state index in [1.165, 1.54) is 24.8 Å². The zero-order valence-corrected chi connectivity index (χ0v) is 13.7. The number of aliphatic hydroxyl groups excluding tert-OH is 1. The van der Waals surface area contributed by atoms with E-state index in [0.29, 0.717) is 13.0 Å². The molecule has 4 heteroatoms. The molecule has 4 nitrogen and oxygen atoms in total. The zero-order valence-electron chi connectivity index (χ0n) is 13.7. The number of rotatable bonds is 3. The number of methoxy groups -OCH3 is 1. The number of ether oxygens (including phenoxy) is 1. The van der Waals surface area contributed by atoms with Crippen molar-refractivity contribution in [1.29, 1.82) is 0 Å². The lowest BCUT2D eigenvalue weighted by molar-refractivity contribution is -0.127. The van der Waals surface area contributed by atoms with E-state index < -0.39 is 6.10 Å². The van der Waals surface area contributed by atoms with Crippen molar-refractivity contribution in [3.63, 3.8) is 0 Å². The maximum absolute atomic E-state index is 12.7. The van der Waals surface area contributed by atoms with Gasteiger partial charge in [0.15, 0.2) is 0 Å². The molecule has 1 saturated heterocycles. The maximum atomic E-state index is 12.7. The van der Waals surface area contributed by atoms with Crippen LogP contribution in [0.3, 0.4) is 0 Å². The first-order valence-corrected chi connectivity index (χ1v) is 8.49. The number of benzene rings is 1. The number of allylic oxidation sites excluding steroid dienone is 1. The highest BCUT2D eigenvalue weighted by atomic mass is 16.5. The predicted molar refractivity (Wildman–Crippen MR) is 89.2 cm³/mol. The quantitative estimate of drug-likeness (QED) is 0.871. The van der Waals surface area contributed by atoms with Crippen molar-refractivity contribution >= 4 is 5.91 Å². The Balaban J connectivity index is 1.80. The molecule has 2 fully saturated rings. The fourth-order valence-electron chi connectivity index (χ4n) is 3.63. The summed E-state index contributed by atoms with van der Waals surface area (Å²) in [4.78, 5) is 14.5.